The van der Waals surface area contributed by atoms with Crippen LogP contribution in [0.25, 0.3) is 0 Å². The molecule has 0 saturated heterocycles. The van der Waals surface area contributed by atoms with E-state index in [1.165, 1.54) is 4.88 Å². The summed E-state index contributed by atoms with van der Waals surface area (Å²) in [6.07, 6.45) is 3.54. The van der Waals surface area contributed by atoms with Crippen LogP contribution in [0.3, 0.4) is 0 Å². The molecule has 1 unspecified atom stereocenters. The lowest BCUT2D eigenvalue weighted by atomic mass is 10.2. The normalized spacial score (nSPS) is 12.4. The molecule has 0 spiro atoms. The molecule has 2 N–H and O–H groups in total. The van der Waals surface area contributed by atoms with E-state index >= 15 is 0 Å². The summed E-state index contributed by atoms with van der Waals surface area (Å²) < 4.78 is 0. The highest BCUT2D eigenvalue weighted by Gasteiger charge is 2.04. The first kappa shape index (κ1) is 14.2. The second-order valence-electron chi connectivity index (χ2n) is 4.13. The molecule has 4 heteroatoms. The van der Waals surface area contributed by atoms with Crippen LogP contribution in [0.15, 0.2) is 17.5 Å². The SMILES string of the molecule is CCC(O)CCNC(=O)CCCc1cccs1. The summed E-state index contributed by atoms with van der Waals surface area (Å²) in [5.74, 6) is 0.0878. The van der Waals surface area contributed by atoms with E-state index in [1.807, 2.05) is 13.0 Å². The van der Waals surface area contributed by atoms with Crippen LogP contribution >= 0.6 is 11.3 Å². The Balaban J connectivity index is 2.01. The van der Waals surface area contributed by atoms with E-state index in [0.717, 1.165) is 19.3 Å². The van der Waals surface area contributed by atoms with Crippen molar-refractivity contribution in [2.75, 3.05) is 6.54 Å². The highest BCUT2D eigenvalue weighted by atomic mass is 32.1. The number of carbonyl (C=O) groups excluding carboxylic acids is 1. The predicted molar refractivity (Wildman–Crippen MR) is 71.2 cm³/mol. The van der Waals surface area contributed by atoms with E-state index in [-0.39, 0.29) is 12.0 Å². The standard InChI is InChI=1S/C13H21NO2S/c1-2-11(15)8-9-14-13(16)7-3-5-12-6-4-10-17-12/h4,6,10-11,15H,2-3,5,7-9H2,1H3,(H,14,16). The Morgan fingerprint density at radius 1 is 1.59 bits per heavy atom. The molecule has 1 amide bonds. The van der Waals surface area contributed by atoms with Crippen molar-refractivity contribution in [3.63, 3.8) is 0 Å². The van der Waals surface area contributed by atoms with Gasteiger partial charge in [0.05, 0.1) is 6.10 Å². The fourth-order valence-electron chi connectivity index (χ4n) is 1.55. The van der Waals surface area contributed by atoms with Crippen LogP contribution in [0.4, 0.5) is 0 Å². The van der Waals surface area contributed by atoms with Crippen LogP contribution in [0.2, 0.25) is 0 Å². The molecule has 1 rings (SSSR count). The molecule has 1 heterocycles. The van der Waals surface area contributed by atoms with Gasteiger partial charge in [-0.25, -0.2) is 0 Å². The number of hydrogen-bond donors (Lipinski definition) is 2. The fraction of sp³-hybridized carbons (Fsp3) is 0.615. The summed E-state index contributed by atoms with van der Waals surface area (Å²) in [6, 6.07) is 4.13. The minimum Gasteiger partial charge on any atom is -0.393 e. The quantitative estimate of drug-likeness (QED) is 0.749. The first-order valence-electron chi connectivity index (χ1n) is 6.19. The second-order valence-corrected chi connectivity index (χ2v) is 5.17. The molecule has 0 aliphatic carbocycles. The third kappa shape index (κ3) is 6.44. The predicted octanol–water partition coefficient (Wildman–Crippen LogP) is 2.35. The highest BCUT2D eigenvalue weighted by Crippen LogP contribution is 2.11. The fourth-order valence-corrected chi connectivity index (χ4v) is 2.30. The Labute approximate surface area is 107 Å². The van der Waals surface area contributed by atoms with Gasteiger partial charge in [-0.1, -0.05) is 13.0 Å². The number of aryl methyl sites for hydroxylation is 1. The minimum absolute atomic E-state index is 0.0878. The second kappa shape index (κ2) is 8.25. The van der Waals surface area contributed by atoms with Crippen molar-refractivity contribution in [1.29, 1.82) is 0 Å². The summed E-state index contributed by atoms with van der Waals surface area (Å²) in [4.78, 5) is 12.8. The maximum atomic E-state index is 11.5. The Morgan fingerprint density at radius 3 is 3.06 bits per heavy atom. The molecule has 0 aliphatic heterocycles. The smallest absolute Gasteiger partial charge is 0.220 e. The first-order valence-corrected chi connectivity index (χ1v) is 7.07. The number of rotatable bonds is 8. The summed E-state index contributed by atoms with van der Waals surface area (Å²) >= 11 is 1.73. The molecule has 1 aromatic rings. The molecule has 0 bridgehead atoms. The number of aliphatic hydroxyl groups is 1. The van der Waals surface area contributed by atoms with Crippen molar-refractivity contribution < 1.29 is 9.90 Å². The van der Waals surface area contributed by atoms with Gasteiger partial charge in [0, 0.05) is 17.8 Å². The van der Waals surface area contributed by atoms with E-state index in [0.29, 0.717) is 19.4 Å². The molecule has 17 heavy (non-hydrogen) atoms. The maximum absolute atomic E-state index is 11.5. The van der Waals surface area contributed by atoms with Crippen molar-refractivity contribution in [3.8, 4) is 0 Å². The number of carbonyl (C=O) groups is 1. The lowest BCUT2D eigenvalue weighted by molar-refractivity contribution is -0.121. The monoisotopic (exact) mass is 255 g/mol. The Morgan fingerprint density at radius 2 is 2.41 bits per heavy atom. The van der Waals surface area contributed by atoms with Gasteiger partial charge in [0.25, 0.3) is 0 Å². The van der Waals surface area contributed by atoms with Crippen LogP contribution in [0, 0.1) is 0 Å². The molecule has 0 radical (unpaired) electrons. The molecule has 3 nitrogen and oxygen atoms in total. The minimum atomic E-state index is -0.290. The summed E-state index contributed by atoms with van der Waals surface area (Å²) in [5.41, 5.74) is 0. The molecule has 0 aliphatic rings. The van der Waals surface area contributed by atoms with Crippen LogP contribution < -0.4 is 5.32 Å². The Hall–Kier alpha value is -0.870. The zero-order valence-corrected chi connectivity index (χ0v) is 11.1. The zero-order valence-electron chi connectivity index (χ0n) is 10.3. The van der Waals surface area contributed by atoms with Gasteiger partial charge in [0.15, 0.2) is 0 Å². The Kier molecular flexibility index (Phi) is 6.89. The third-order valence-corrected chi connectivity index (χ3v) is 3.61. The molecule has 96 valence electrons. The van der Waals surface area contributed by atoms with Gasteiger partial charge in [0.1, 0.15) is 0 Å². The zero-order chi connectivity index (χ0) is 12.5. The molecular weight excluding hydrogens is 234 g/mol. The molecule has 1 atom stereocenters. The average Bonchev–Trinajstić information content (AvgIpc) is 2.82. The van der Waals surface area contributed by atoms with Gasteiger partial charge >= 0.3 is 0 Å². The average molecular weight is 255 g/mol. The first-order chi connectivity index (χ1) is 8.22. The van der Waals surface area contributed by atoms with Gasteiger partial charge in [-0.05, 0) is 37.1 Å². The maximum Gasteiger partial charge on any atom is 0.220 e. The molecule has 1 aromatic heterocycles. The number of aliphatic hydroxyl groups excluding tert-OH is 1. The number of thiophene rings is 1. The number of nitrogens with one attached hydrogen (secondary N) is 1. The van der Waals surface area contributed by atoms with Gasteiger partial charge in [-0.15, -0.1) is 11.3 Å². The summed E-state index contributed by atoms with van der Waals surface area (Å²) in [7, 11) is 0. The van der Waals surface area contributed by atoms with Gasteiger partial charge in [0.2, 0.25) is 5.91 Å². The molecule has 0 saturated carbocycles. The van der Waals surface area contributed by atoms with E-state index < -0.39 is 0 Å². The molecule has 0 fully saturated rings. The van der Waals surface area contributed by atoms with Crippen molar-refractivity contribution in [2.45, 2.75) is 45.1 Å². The van der Waals surface area contributed by atoms with Crippen molar-refractivity contribution in [1.82, 2.24) is 5.32 Å². The number of amides is 1. The van der Waals surface area contributed by atoms with Crippen LogP contribution in [-0.4, -0.2) is 23.7 Å². The van der Waals surface area contributed by atoms with Crippen LogP contribution in [0.5, 0.6) is 0 Å². The third-order valence-electron chi connectivity index (χ3n) is 2.68. The lowest BCUT2D eigenvalue weighted by Gasteiger charge is -2.08. The summed E-state index contributed by atoms with van der Waals surface area (Å²) in [6.45, 7) is 2.51. The van der Waals surface area contributed by atoms with E-state index in [2.05, 4.69) is 16.8 Å². The van der Waals surface area contributed by atoms with Crippen LogP contribution in [0.1, 0.15) is 37.5 Å². The van der Waals surface area contributed by atoms with Gasteiger partial charge < -0.3 is 10.4 Å². The lowest BCUT2D eigenvalue weighted by Crippen LogP contribution is -2.26. The van der Waals surface area contributed by atoms with Gasteiger partial charge in [-0.3, -0.25) is 4.79 Å². The largest absolute Gasteiger partial charge is 0.393 e. The van der Waals surface area contributed by atoms with Crippen molar-refractivity contribution in [2.24, 2.45) is 0 Å². The van der Waals surface area contributed by atoms with E-state index in [9.17, 15) is 9.90 Å². The van der Waals surface area contributed by atoms with E-state index in [4.69, 9.17) is 0 Å². The summed E-state index contributed by atoms with van der Waals surface area (Å²) in [5, 5.41) is 14.2. The van der Waals surface area contributed by atoms with Crippen LogP contribution in [-0.2, 0) is 11.2 Å². The topological polar surface area (TPSA) is 49.3 Å². The van der Waals surface area contributed by atoms with Crippen molar-refractivity contribution in [3.05, 3.63) is 22.4 Å². The molecular formula is C13H21NO2S. The Bertz CT molecular complexity index is 311. The highest BCUT2D eigenvalue weighted by molar-refractivity contribution is 7.09. The van der Waals surface area contributed by atoms with Crippen molar-refractivity contribution >= 4 is 17.2 Å². The number of hydrogen-bond acceptors (Lipinski definition) is 3. The molecule has 0 aromatic carbocycles. The van der Waals surface area contributed by atoms with E-state index in [1.54, 1.807) is 11.3 Å². The van der Waals surface area contributed by atoms with Gasteiger partial charge in [-0.2, -0.15) is 0 Å².